The second kappa shape index (κ2) is 12.7. The van der Waals surface area contributed by atoms with Crippen molar-refractivity contribution in [2.75, 3.05) is 30.4 Å². The summed E-state index contributed by atoms with van der Waals surface area (Å²) in [7, 11) is 1.97. The average Bonchev–Trinajstić information content (AvgIpc) is 3.47. The third-order valence-corrected chi connectivity index (χ3v) is 9.26. The number of anilines is 2. The summed E-state index contributed by atoms with van der Waals surface area (Å²) in [5.41, 5.74) is -2.70. The largest absolute Gasteiger partial charge is 0.417 e. The molecule has 2 aliphatic rings. The maximum atomic E-state index is 15.8. The minimum Gasteiger partial charge on any atom is -0.367 e. The van der Waals surface area contributed by atoms with Crippen LogP contribution in [0.5, 0.6) is 0 Å². The number of piperazine rings is 1. The number of thiazole rings is 1. The quantitative estimate of drug-likeness (QED) is 0.309. The van der Waals surface area contributed by atoms with Gasteiger partial charge in [0.1, 0.15) is 5.82 Å². The summed E-state index contributed by atoms with van der Waals surface area (Å²) in [4.78, 5) is 48.3. The summed E-state index contributed by atoms with van der Waals surface area (Å²) in [6.07, 6.45) is 0.726. The molecular formula is C30H34F4N6O3S. The number of likely N-dealkylation sites (N-methyl/N-ethyl adjacent to an activating group) is 1. The maximum absolute atomic E-state index is 15.8. The number of amides is 2. The number of rotatable bonds is 6. The van der Waals surface area contributed by atoms with E-state index in [-0.39, 0.29) is 51.7 Å². The molecule has 2 aromatic heterocycles. The van der Waals surface area contributed by atoms with Crippen molar-refractivity contribution < 1.29 is 27.2 Å². The molecule has 2 amide bonds. The van der Waals surface area contributed by atoms with Crippen LogP contribution >= 0.6 is 11.3 Å². The van der Waals surface area contributed by atoms with Crippen molar-refractivity contribution in [1.82, 2.24) is 20.2 Å². The van der Waals surface area contributed by atoms with Crippen molar-refractivity contribution in [1.29, 1.82) is 0 Å². The van der Waals surface area contributed by atoms with E-state index >= 15 is 4.39 Å². The number of hydrogen-bond donors (Lipinski definition) is 3. The van der Waals surface area contributed by atoms with Crippen LogP contribution in [0.4, 0.5) is 28.9 Å². The number of alkyl halides is 3. The first-order valence-corrected chi connectivity index (χ1v) is 15.4. The Hall–Kier alpha value is -3.78. The van der Waals surface area contributed by atoms with Gasteiger partial charge in [-0.3, -0.25) is 19.3 Å². The van der Waals surface area contributed by atoms with E-state index in [4.69, 9.17) is 0 Å². The molecule has 1 saturated carbocycles. The first-order valence-electron chi connectivity index (χ1n) is 14.5. The van der Waals surface area contributed by atoms with E-state index in [1.54, 1.807) is 0 Å². The van der Waals surface area contributed by atoms with Gasteiger partial charge in [-0.1, -0.05) is 19.3 Å². The van der Waals surface area contributed by atoms with Gasteiger partial charge in [0.05, 0.1) is 28.2 Å². The van der Waals surface area contributed by atoms with Gasteiger partial charge in [0, 0.05) is 60.5 Å². The molecule has 3 aromatic rings. The predicted octanol–water partition coefficient (Wildman–Crippen LogP) is 5.50. The molecule has 0 radical (unpaired) electrons. The number of pyridine rings is 1. The molecule has 1 saturated heterocycles. The summed E-state index contributed by atoms with van der Waals surface area (Å²) in [5.74, 6) is -2.15. The summed E-state index contributed by atoms with van der Waals surface area (Å²) in [5, 5.41) is 7.21. The van der Waals surface area contributed by atoms with Crippen LogP contribution in [0.25, 0.3) is 11.3 Å². The number of carbonyl (C=O) groups excluding carboxylic acids is 2. The second-order valence-corrected chi connectivity index (χ2v) is 12.4. The molecule has 1 aromatic carbocycles. The van der Waals surface area contributed by atoms with Crippen LogP contribution < -0.4 is 21.1 Å². The van der Waals surface area contributed by atoms with Gasteiger partial charge in [0.15, 0.2) is 5.01 Å². The van der Waals surface area contributed by atoms with Crippen molar-refractivity contribution in [2.45, 2.75) is 70.3 Å². The smallest absolute Gasteiger partial charge is 0.367 e. The molecule has 2 atom stereocenters. The lowest BCUT2D eigenvalue weighted by molar-refractivity contribution is -0.138. The van der Waals surface area contributed by atoms with Crippen LogP contribution in [0.1, 0.15) is 71.7 Å². The fraction of sp³-hybridized carbons (Fsp3) is 0.467. The number of halogens is 4. The number of carbonyl (C=O) groups is 2. The molecule has 14 heteroatoms. The SMILES string of the molecule is CC1CN(c2cc(F)c(-c3csc(C(=O)NC4CCCCC4)n3)cc2NC(=O)c2c[nH]c(=O)cc2C(F)(F)F)CC(C)N1C. The van der Waals surface area contributed by atoms with E-state index in [0.29, 0.717) is 25.4 Å². The first kappa shape index (κ1) is 31.6. The number of nitrogens with zero attached hydrogens (tertiary/aromatic N) is 3. The number of nitrogens with one attached hydrogen (secondary N) is 3. The molecule has 0 bridgehead atoms. The molecule has 9 nitrogen and oxygen atoms in total. The Labute approximate surface area is 255 Å². The van der Waals surface area contributed by atoms with Crippen LogP contribution in [0, 0.1) is 5.82 Å². The molecule has 2 unspecified atom stereocenters. The molecular weight excluding hydrogens is 600 g/mol. The zero-order valence-corrected chi connectivity index (χ0v) is 25.4. The summed E-state index contributed by atoms with van der Waals surface area (Å²) in [6, 6.07) is 3.06. The molecule has 5 rings (SSSR count). The van der Waals surface area contributed by atoms with Crippen molar-refractivity contribution >= 4 is 34.5 Å². The predicted molar refractivity (Wildman–Crippen MR) is 161 cm³/mol. The van der Waals surface area contributed by atoms with Gasteiger partial charge in [-0.2, -0.15) is 13.2 Å². The molecule has 2 fully saturated rings. The van der Waals surface area contributed by atoms with E-state index in [1.165, 1.54) is 17.5 Å². The first-order chi connectivity index (χ1) is 20.8. The van der Waals surface area contributed by atoms with Crippen molar-refractivity contribution in [3.05, 3.63) is 62.1 Å². The highest BCUT2D eigenvalue weighted by Crippen LogP contribution is 2.37. The van der Waals surface area contributed by atoms with E-state index in [1.807, 2.05) is 25.8 Å². The Balaban J connectivity index is 1.51. The van der Waals surface area contributed by atoms with Gasteiger partial charge in [0.2, 0.25) is 5.56 Å². The number of aromatic nitrogens is 2. The normalized spacial score (nSPS) is 20.0. The molecule has 236 valence electrons. The van der Waals surface area contributed by atoms with Gasteiger partial charge in [0.25, 0.3) is 11.8 Å². The number of hydrogen-bond acceptors (Lipinski definition) is 7. The van der Waals surface area contributed by atoms with Gasteiger partial charge in [-0.25, -0.2) is 9.37 Å². The van der Waals surface area contributed by atoms with Crippen molar-refractivity contribution in [3.8, 4) is 11.3 Å². The van der Waals surface area contributed by atoms with Gasteiger partial charge in [-0.15, -0.1) is 11.3 Å². The Bertz CT molecular complexity index is 1590. The highest BCUT2D eigenvalue weighted by Gasteiger charge is 2.36. The second-order valence-electron chi connectivity index (χ2n) is 11.5. The Morgan fingerprint density at radius 1 is 1.05 bits per heavy atom. The highest BCUT2D eigenvalue weighted by atomic mass is 32.1. The summed E-state index contributed by atoms with van der Waals surface area (Å²) >= 11 is 1.05. The van der Waals surface area contributed by atoms with Crippen molar-refractivity contribution in [3.63, 3.8) is 0 Å². The summed E-state index contributed by atoms with van der Waals surface area (Å²) in [6.45, 7) is 4.93. The number of aromatic amines is 1. The monoisotopic (exact) mass is 634 g/mol. The maximum Gasteiger partial charge on any atom is 0.417 e. The van der Waals surface area contributed by atoms with Gasteiger partial charge >= 0.3 is 6.18 Å². The van der Waals surface area contributed by atoms with E-state index in [9.17, 15) is 27.6 Å². The van der Waals surface area contributed by atoms with Crippen LogP contribution in [0.3, 0.4) is 0 Å². The van der Waals surface area contributed by atoms with Crippen molar-refractivity contribution in [2.24, 2.45) is 0 Å². The van der Waals surface area contributed by atoms with E-state index in [2.05, 4.69) is 25.5 Å². The fourth-order valence-electron chi connectivity index (χ4n) is 5.80. The zero-order chi connectivity index (χ0) is 31.8. The fourth-order valence-corrected chi connectivity index (χ4v) is 6.52. The number of H-pyrrole nitrogens is 1. The average molecular weight is 635 g/mol. The lowest BCUT2D eigenvalue weighted by Crippen LogP contribution is -2.55. The summed E-state index contributed by atoms with van der Waals surface area (Å²) < 4.78 is 57.0. The number of benzene rings is 1. The third kappa shape index (κ3) is 6.80. The van der Waals surface area contributed by atoms with Crippen LogP contribution in [-0.2, 0) is 6.18 Å². The molecule has 0 spiro atoms. The van der Waals surface area contributed by atoms with Crippen LogP contribution in [-0.4, -0.2) is 64.9 Å². The van der Waals surface area contributed by atoms with Crippen LogP contribution in [0.15, 0.2) is 34.6 Å². The molecule has 44 heavy (non-hydrogen) atoms. The minimum absolute atomic E-state index is 0.0234. The lowest BCUT2D eigenvalue weighted by atomic mass is 9.95. The highest BCUT2D eigenvalue weighted by molar-refractivity contribution is 7.12. The van der Waals surface area contributed by atoms with Crippen LogP contribution in [0.2, 0.25) is 0 Å². The van der Waals surface area contributed by atoms with E-state index < -0.39 is 34.6 Å². The topological polar surface area (TPSA) is 110 Å². The Morgan fingerprint density at radius 2 is 1.73 bits per heavy atom. The molecule has 1 aliphatic carbocycles. The third-order valence-electron chi connectivity index (χ3n) is 8.42. The molecule has 3 N–H and O–H groups in total. The standard InChI is InChI=1S/C30H34F4N6O3S/c1-16-13-40(14-17(2)39(16)3)25-11-22(31)19(24-15-44-29(38-24)28(43)36-18-7-5-4-6-8-18)9-23(25)37-27(42)20-12-35-26(41)10-21(20)30(32,33)34/h9-12,15-18H,4-8,13-14H2,1-3H3,(H,35,41)(H,36,43)(H,37,42). The zero-order valence-electron chi connectivity index (χ0n) is 24.6. The Morgan fingerprint density at radius 3 is 2.39 bits per heavy atom. The lowest BCUT2D eigenvalue weighted by Gasteiger charge is -2.44. The minimum atomic E-state index is -4.96. The van der Waals surface area contributed by atoms with E-state index in [0.717, 1.165) is 43.4 Å². The van der Waals surface area contributed by atoms with Gasteiger partial charge < -0.3 is 20.5 Å². The van der Waals surface area contributed by atoms with Gasteiger partial charge in [-0.05, 0) is 39.8 Å². The molecule has 3 heterocycles. The molecule has 1 aliphatic heterocycles. The Kier molecular flexibility index (Phi) is 9.12.